The number of piperidine rings is 1. The Kier molecular flexibility index (Phi) is 6.55. The molecule has 0 aromatic carbocycles. The van der Waals surface area contributed by atoms with Crippen molar-refractivity contribution in [1.82, 2.24) is 8.61 Å². The lowest BCUT2D eigenvalue weighted by Gasteiger charge is -2.35. The summed E-state index contributed by atoms with van der Waals surface area (Å²) in [6.45, 7) is 3.34. The van der Waals surface area contributed by atoms with Crippen LogP contribution >= 0.6 is 0 Å². The molecule has 1 fully saturated rings. The number of aliphatic hydroxyl groups excluding tert-OH is 1. The molecule has 18 heavy (non-hydrogen) atoms. The lowest BCUT2D eigenvalue weighted by molar-refractivity contribution is 0.248. The van der Waals surface area contributed by atoms with Gasteiger partial charge >= 0.3 is 0 Å². The van der Waals surface area contributed by atoms with Gasteiger partial charge in [-0.1, -0.05) is 6.42 Å². The van der Waals surface area contributed by atoms with Gasteiger partial charge in [-0.05, 0) is 39.0 Å². The van der Waals surface area contributed by atoms with Crippen molar-refractivity contribution >= 4 is 10.2 Å². The van der Waals surface area contributed by atoms with Gasteiger partial charge in [0.1, 0.15) is 0 Å². The maximum Gasteiger partial charge on any atom is 0.281 e. The molecule has 0 bridgehead atoms. The first kappa shape index (κ1) is 15.9. The Hall–Kier alpha value is -0.170. The first-order valence-corrected chi connectivity index (χ1v) is 8.24. The SMILES string of the molecule is CC1CCCCN1S(=O)(=O)N(C)CCCCCO. The Morgan fingerprint density at radius 1 is 1.28 bits per heavy atom. The molecule has 0 aromatic rings. The third-order valence-corrected chi connectivity index (χ3v) is 5.67. The van der Waals surface area contributed by atoms with E-state index in [9.17, 15) is 8.42 Å². The van der Waals surface area contributed by atoms with E-state index in [-0.39, 0.29) is 12.6 Å². The minimum absolute atomic E-state index is 0.114. The van der Waals surface area contributed by atoms with Gasteiger partial charge in [-0.3, -0.25) is 0 Å². The summed E-state index contributed by atoms with van der Waals surface area (Å²) >= 11 is 0. The van der Waals surface area contributed by atoms with Crippen LogP contribution in [0, 0.1) is 0 Å². The van der Waals surface area contributed by atoms with Crippen LogP contribution in [-0.4, -0.2) is 54.9 Å². The predicted octanol–water partition coefficient (Wildman–Crippen LogP) is 1.20. The van der Waals surface area contributed by atoms with Gasteiger partial charge < -0.3 is 5.11 Å². The van der Waals surface area contributed by atoms with Crippen molar-refractivity contribution in [2.45, 2.75) is 51.5 Å². The summed E-state index contributed by atoms with van der Waals surface area (Å²) in [5.41, 5.74) is 0. The summed E-state index contributed by atoms with van der Waals surface area (Å²) in [6, 6.07) is 0.114. The molecular weight excluding hydrogens is 252 g/mol. The second kappa shape index (κ2) is 7.43. The molecule has 0 saturated carbocycles. The van der Waals surface area contributed by atoms with Gasteiger partial charge in [0.15, 0.2) is 0 Å². The standard InChI is InChI=1S/C12H26N2O3S/c1-12-8-4-6-10-14(12)18(16,17)13(2)9-5-3-7-11-15/h12,15H,3-11H2,1-2H3. The van der Waals surface area contributed by atoms with Gasteiger partial charge in [0.25, 0.3) is 10.2 Å². The Morgan fingerprint density at radius 3 is 2.61 bits per heavy atom. The fraction of sp³-hybridized carbons (Fsp3) is 1.00. The molecule has 1 aliphatic rings. The molecule has 0 amide bonds. The molecule has 1 heterocycles. The highest BCUT2D eigenvalue weighted by molar-refractivity contribution is 7.86. The summed E-state index contributed by atoms with van der Waals surface area (Å²) in [5.74, 6) is 0. The fourth-order valence-electron chi connectivity index (χ4n) is 2.33. The van der Waals surface area contributed by atoms with Gasteiger partial charge in [-0.15, -0.1) is 0 Å². The molecular formula is C12H26N2O3S. The van der Waals surface area contributed by atoms with E-state index < -0.39 is 10.2 Å². The number of nitrogens with zero attached hydrogens (tertiary/aromatic N) is 2. The van der Waals surface area contributed by atoms with E-state index >= 15 is 0 Å². The topological polar surface area (TPSA) is 60.9 Å². The maximum atomic E-state index is 12.4. The molecule has 108 valence electrons. The molecule has 1 unspecified atom stereocenters. The highest BCUT2D eigenvalue weighted by Crippen LogP contribution is 2.21. The van der Waals surface area contributed by atoms with Crippen LogP contribution in [0.5, 0.6) is 0 Å². The first-order valence-electron chi connectivity index (χ1n) is 6.84. The molecule has 1 aliphatic heterocycles. The van der Waals surface area contributed by atoms with Crippen LogP contribution < -0.4 is 0 Å². The summed E-state index contributed by atoms with van der Waals surface area (Å²) in [5, 5.41) is 8.69. The minimum Gasteiger partial charge on any atom is -0.396 e. The lowest BCUT2D eigenvalue weighted by atomic mass is 10.1. The number of hydrogen-bond acceptors (Lipinski definition) is 3. The van der Waals surface area contributed by atoms with Crippen LogP contribution in [-0.2, 0) is 10.2 Å². The Morgan fingerprint density at radius 2 is 2.00 bits per heavy atom. The molecule has 1 atom stereocenters. The summed E-state index contributed by atoms with van der Waals surface area (Å²) in [7, 11) is -1.65. The first-order chi connectivity index (χ1) is 8.50. The number of unbranched alkanes of at least 4 members (excludes halogenated alkanes) is 2. The number of aliphatic hydroxyl groups is 1. The Bertz CT molecular complexity index is 332. The van der Waals surface area contributed by atoms with Crippen molar-refractivity contribution < 1.29 is 13.5 Å². The van der Waals surface area contributed by atoms with Crippen LogP contribution in [0.4, 0.5) is 0 Å². The Balaban J connectivity index is 2.50. The quantitative estimate of drug-likeness (QED) is 0.712. The van der Waals surface area contributed by atoms with Gasteiger partial charge in [0.05, 0.1) is 0 Å². The average Bonchev–Trinajstić information content (AvgIpc) is 2.34. The molecule has 1 N–H and O–H groups in total. The van der Waals surface area contributed by atoms with E-state index in [1.807, 2.05) is 6.92 Å². The van der Waals surface area contributed by atoms with Crippen molar-refractivity contribution in [3.8, 4) is 0 Å². The van der Waals surface area contributed by atoms with Crippen LogP contribution in [0.3, 0.4) is 0 Å². The molecule has 0 spiro atoms. The van der Waals surface area contributed by atoms with E-state index in [0.717, 1.165) is 38.5 Å². The zero-order valence-corrected chi connectivity index (χ0v) is 12.3. The summed E-state index contributed by atoms with van der Waals surface area (Å²) in [6.07, 6.45) is 5.45. The maximum absolute atomic E-state index is 12.4. The van der Waals surface area contributed by atoms with Crippen molar-refractivity contribution in [3.05, 3.63) is 0 Å². The molecule has 0 radical (unpaired) electrons. The van der Waals surface area contributed by atoms with E-state index in [1.165, 1.54) is 4.31 Å². The van der Waals surface area contributed by atoms with E-state index in [4.69, 9.17) is 5.11 Å². The smallest absolute Gasteiger partial charge is 0.281 e. The van der Waals surface area contributed by atoms with Gasteiger partial charge in [0, 0.05) is 32.8 Å². The number of rotatable bonds is 7. The minimum atomic E-state index is -3.29. The normalized spacial score (nSPS) is 22.6. The average molecular weight is 278 g/mol. The van der Waals surface area contributed by atoms with Crippen molar-refractivity contribution in [1.29, 1.82) is 0 Å². The molecule has 1 saturated heterocycles. The molecule has 6 heteroatoms. The van der Waals surface area contributed by atoms with Crippen molar-refractivity contribution in [2.24, 2.45) is 0 Å². The molecule has 0 aliphatic carbocycles. The largest absolute Gasteiger partial charge is 0.396 e. The second-order valence-electron chi connectivity index (χ2n) is 5.07. The van der Waals surface area contributed by atoms with Crippen molar-refractivity contribution in [2.75, 3.05) is 26.7 Å². The second-order valence-corrected chi connectivity index (χ2v) is 7.06. The fourth-order valence-corrected chi connectivity index (χ4v) is 3.97. The van der Waals surface area contributed by atoms with Gasteiger partial charge in [-0.2, -0.15) is 17.0 Å². The highest BCUT2D eigenvalue weighted by atomic mass is 32.2. The molecule has 5 nitrogen and oxygen atoms in total. The summed E-state index contributed by atoms with van der Waals surface area (Å²) in [4.78, 5) is 0. The Labute approximate surface area is 111 Å². The lowest BCUT2D eigenvalue weighted by Crippen LogP contribution is -2.48. The van der Waals surface area contributed by atoms with E-state index in [0.29, 0.717) is 13.1 Å². The number of hydrogen-bond donors (Lipinski definition) is 1. The zero-order valence-electron chi connectivity index (χ0n) is 11.5. The van der Waals surface area contributed by atoms with Gasteiger partial charge in [-0.25, -0.2) is 0 Å². The van der Waals surface area contributed by atoms with E-state index in [2.05, 4.69) is 0 Å². The van der Waals surface area contributed by atoms with Crippen LogP contribution in [0.25, 0.3) is 0 Å². The predicted molar refractivity (Wildman–Crippen MR) is 72.5 cm³/mol. The zero-order chi connectivity index (χ0) is 13.6. The monoisotopic (exact) mass is 278 g/mol. The molecule has 1 rings (SSSR count). The molecule has 0 aromatic heterocycles. The summed E-state index contributed by atoms with van der Waals surface area (Å²) < 4.78 is 27.8. The van der Waals surface area contributed by atoms with Gasteiger partial charge in [0.2, 0.25) is 0 Å². The highest BCUT2D eigenvalue weighted by Gasteiger charge is 2.32. The van der Waals surface area contributed by atoms with E-state index in [1.54, 1.807) is 11.4 Å². The third kappa shape index (κ3) is 4.19. The van der Waals surface area contributed by atoms with Crippen LogP contribution in [0.1, 0.15) is 45.4 Å². The van der Waals surface area contributed by atoms with Crippen LogP contribution in [0.2, 0.25) is 0 Å². The van der Waals surface area contributed by atoms with Crippen molar-refractivity contribution in [3.63, 3.8) is 0 Å². The van der Waals surface area contributed by atoms with Crippen LogP contribution in [0.15, 0.2) is 0 Å². The third-order valence-electron chi connectivity index (χ3n) is 3.56.